The van der Waals surface area contributed by atoms with Gasteiger partial charge in [0.25, 0.3) is 0 Å². The van der Waals surface area contributed by atoms with Gasteiger partial charge < -0.3 is 4.74 Å². The van der Waals surface area contributed by atoms with Gasteiger partial charge in [0.05, 0.1) is 0 Å². The highest BCUT2D eigenvalue weighted by Gasteiger charge is 2.10. The molecular weight excluding hydrogens is 211 g/mol. The standard InChI is InChI=1S/C9H14Cl2O2/c1-3-7(10)5-6-8(11)13-9(12)4-2/h4,7-8H,2-3,5-6H2,1H3. The van der Waals surface area contributed by atoms with Gasteiger partial charge in [0.2, 0.25) is 0 Å². The van der Waals surface area contributed by atoms with E-state index in [0.717, 1.165) is 18.9 Å². The van der Waals surface area contributed by atoms with Crippen LogP contribution in [0.1, 0.15) is 26.2 Å². The second-order valence-corrected chi connectivity index (χ2v) is 3.74. The Balaban J connectivity index is 3.56. The topological polar surface area (TPSA) is 26.3 Å². The van der Waals surface area contributed by atoms with Crippen molar-refractivity contribution < 1.29 is 9.53 Å². The third-order valence-electron chi connectivity index (χ3n) is 1.56. The summed E-state index contributed by atoms with van der Waals surface area (Å²) in [6.45, 7) is 5.26. The van der Waals surface area contributed by atoms with Crippen LogP contribution in [0.25, 0.3) is 0 Å². The summed E-state index contributed by atoms with van der Waals surface area (Å²) in [6.07, 6.45) is 3.30. The van der Waals surface area contributed by atoms with E-state index in [-0.39, 0.29) is 5.38 Å². The van der Waals surface area contributed by atoms with E-state index in [9.17, 15) is 4.79 Å². The molecule has 0 saturated heterocycles. The van der Waals surface area contributed by atoms with Gasteiger partial charge in [-0.3, -0.25) is 0 Å². The predicted octanol–water partition coefficient (Wildman–Crippen LogP) is 3.08. The quantitative estimate of drug-likeness (QED) is 0.394. The van der Waals surface area contributed by atoms with Crippen LogP contribution in [0, 0.1) is 0 Å². The van der Waals surface area contributed by atoms with Crippen molar-refractivity contribution in [2.45, 2.75) is 37.1 Å². The zero-order valence-electron chi connectivity index (χ0n) is 7.63. The predicted molar refractivity (Wildman–Crippen MR) is 55.1 cm³/mol. The van der Waals surface area contributed by atoms with E-state index in [4.69, 9.17) is 27.9 Å². The summed E-state index contributed by atoms with van der Waals surface area (Å²) in [7, 11) is 0. The fourth-order valence-corrected chi connectivity index (χ4v) is 1.09. The molecule has 0 saturated carbocycles. The Bertz CT molecular complexity index is 171. The third-order valence-corrected chi connectivity index (χ3v) is 2.39. The molecule has 0 aliphatic carbocycles. The maximum atomic E-state index is 10.7. The molecule has 0 aromatic rings. The van der Waals surface area contributed by atoms with Crippen LogP contribution in [0.15, 0.2) is 12.7 Å². The summed E-state index contributed by atoms with van der Waals surface area (Å²) >= 11 is 11.6. The van der Waals surface area contributed by atoms with E-state index < -0.39 is 11.5 Å². The van der Waals surface area contributed by atoms with Crippen molar-refractivity contribution in [3.63, 3.8) is 0 Å². The number of alkyl halides is 2. The van der Waals surface area contributed by atoms with Crippen LogP contribution in [-0.2, 0) is 9.53 Å². The Hall–Kier alpha value is -0.210. The number of hydrogen-bond acceptors (Lipinski definition) is 2. The minimum absolute atomic E-state index is 0.101. The van der Waals surface area contributed by atoms with E-state index in [1.165, 1.54) is 0 Å². The van der Waals surface area contributed by atoms with Crippen molar-refractivity contribution >= 4 is 29.2 Å². The Labute approximate surface area is 88.9 Å². The van der Waals surface area contributed by atoms with Crippen molar-refractivity contribution in [1.29, 1.82) is 0 Å². The Morgan fingerprint density at radius 1 is 1.54 bits per heavy atom. The first-order valence-electron chi connectivity index (χ1n) is 4.21. The van der Waals surface area contributed by atoms with Gasteiger partial charge in [-0.15, -0.1) is 11.6 Å². The average Bonchev–Trinajstić information content (AvgIpc) is 2.13. The van der Waals surface area contributed by atoms with Crippen molar-refractivity contribution in [3.8, 4) is 0 Å². The molecule has 0 amide bonds. The monoisotopic (exact) mass is 224 g/mol. The summed E-state index contributed by atoms with van der Waals surface area (Å²) in [5.41, 5.74) is -0.599. The first-order chi connectivity index (χ1) is 6.10. The molecular formula is C9H14Cl2O2. The molecule has 0 rings (SSSR count). The first-order valence-corrected chi connectivity index (χ1v) is 5.08. The summed E-state index contributed by atoms with van der Waals surface area (Å²) in [5.74, 6) is -0.498. The maximum Gasteiger partial charge on any atom is 0.331 e. The van der Waals surface area contributed by atoms with Gasteiger partial charge in [-0.2, -0.15) is 0 Å². The van der Waals surface area contributed by atoms with E-state index in [1.807, 2.05) is 6.92 Å². The van der Waals surface area contributed by atoms with Crippen LogP contribution in [-0.4, -0.2) is 16.9 Å². The molecule has 0 aliphatic rings. The lowest BCUT2D eigenvalue weighted by atomic mass is 10.2. The lowest BCUT2D eigenvalue weighted by molar-refractivity contribution is -0.139. The van der Waals surface area contributed by atoms with Crippen LogP contribution in [0.4, 0.5) is 0 Å². The Morgan fingerprint density at radius 3 is 2.62 bits per heavy atom. The Morgan fingerprint density at radius 2 is 2.15 bits per heavy atom. The minimum atomic E-state index is -0.599. The van der Waals surface area contributed by atoms with E-state index in [1.54, 1.807) is 0 Å². The molecule has 4 heteroatoms. The second kappa shape index (κ2) is 7.22. The molecule has 2 unspecified atom stereocenters. The summed E-state index contributed by atoms with van der Waals surface area (Å²) < 4.78 is 4.74. The van der Waals surface area contributed by atoms with Crippen molar-refractivity contribution in [2.24, 2.45) is 0 Å². The molecule has 0 radical (unpaired) electrons. The van der Waals surface area contributed by atoms with Crippen LogP contribution < -0.4 is 0 Å². The highest BCUT2D eigenvalue weighted by molar-refractivity contribution is 6.21. The number of esters is 1. The van der Waals surface area contributed by atoms with Gasteiger partial charge in [0, 0.05) is 17.9 Å². The molecule has 13 heavy (non-hydrogen) atoms. The molecule has 0 aromatic carbocycles. The molecule has 0 fully saturated rings. The second-order valence-electron chi connectivity index (χ2n) is 2.63. The van der Waals surface area contributed by atoms with Gasteiger partial charge in [-0.05, 0) is 12.8 Å². The summed E-state index contributed by atoms with van der Waals surface area (Å²) in [5, 5.41) is 0.101. The number of carbonyl (C=O) groups excluding carboxylic acids is 1. The normalized spacial score (nSPS) is 14.7. The van der Waals surface area contributed by atoms with Gasteiger partial charge >= 0.3 is 5.97 Å². The SMILES string of the molecule is C=CC(=O)OC(Cl)CCC(Cl)CC. The van der Waals surface area contributed by atoms with Gasteiger partial charge in [-0.1, -0.05) is 25.1 Å². The van der Waals surface area contributed by atoms with Gasteiger partial charge in [-0.25, -0.2) is 4.79 Å². The highest BCUT2D eigenvalue weighted by atomic mass is 35.5. The average molecular weight is 225 g/mol. The smallest absolute Gasteiger partial charge is 0.331 e. The third kappa shape index (κ3) is 6.91. The summed E-state index contributed by atoms with van der Waals surface area (Å²) in [4.78, 5) is 10.7. The minimum Gasteiger partial charge on any atom is -0.443 e. The molecule has 2 nitrogen and oxygen atoms in total. The van der Waals surface area contributed by atoms with E-state index in [0.29, 0.717) is 6.42 Å². The van der Waals surface area contributed by atoms with Crippen molar-refractivity contribution in [1.82, 2.24) is 0 Å². The lowest BCUT2D eigenvalue weighted by Gasteiger charge is -2.11. The van der Waals surface area contributed by atoms with Crippen molar-refractivity contribution in [3.05, 3.63) is 12.7 Å². The first kappa shape index (κ1) is 12.8. The van der Waals surface area contributed by atoms with Gasteiger partial charge in [0.1, 0.15) is 0 Å². The molecule has 76 valence electrons. The number of halogens is 2. The fraction of sp³-hybridized carbons (Fsp3) is 0.667. The molecule has 0 spiro atoms. The molecule has 2 atom stereocenters. The Kier molecular flexibility index (Phi) is 7.10. The largest absolute Gasteiger partial charge is 0.443 e. The maximum absolute atomic E-state index is 10.7. The molecule has 0 aliphatic heterocycles. The van der Waals surface area contributed by atoms with Crippen LogP contribution in [0.3, 0.4) is 0 Å². The number of carbonyl (C=O) groups is 1. The van der Waals surface area contributed by atoms with E-state index in [2.05, 4.69) is 6.58 Å². The molecule has 0 N–H and O–H groups in total. The lowest BCUT2D eigenvalue weighted by Crippen LogP contribution is -2.12. The zero-order chi connectivity index (χ0) is 10.3. The number of ether oxygens (including phenoxy) is 1. The number of rotatable bonds is 6. The zero-order valence-corrected chi connectivity index (χ0v) is 9.14. The number of hydrogen-bond donors (Lipinski definition) is 0. The van der Waals surface area contributed by atoms with Gasteiger partial charge in [0.15, 0.2) is 5.56 Å². The highest BCUT2D eigenvalue weighted by Crippen LogP contribution is 2.15. The molecule has 0 aromatic heterocycles. The van der Waals surface area contributed by atoms with Crippen LogP contribution >= 0.6 is 23.2 Å². The van der Waals surface area contributed by atoms with Crippen LogP contribution in [0.5, 0.6) is 0 Å². The van der Waals surface area contributed by atoms with E-state index >= 15 is 0 Å². The fourth-order valence-electron chi connectivity index (χ4n) is 0.749. The van der Waals surface area contributed by atoms with Crippen LogP contribution in [0.2, 0.25) is 0 Å². The van der Waals surface area contributed by atoms with Crippen molar-refractivity contribution in [2.75, 3.05) is 0 Å². The molecule has 0 heterocycles. The molecule has 0 bridgehead atoms. The summed E-state index contributed by atoms with van der Waals surface area (Å²) in [6, 6.07) is 0.